The molecule has 7 heteroatoms. The molecule has 1 aliphatic rings. The molecule has 0 aliphatic carbocycles. The van der Waals surface area contributed by atoms with E-state index < -0.39 is 6.10 Å². The maximum absolute atomic E-state index is 10.6. The van der Waals surface area contributed by atoms with Crippen LogP contribution in [-0.4, -0.2) is 34.0 Å². The van der Waals surface area contributed by atoms with E-state index in [-0.39, 0.29) is 12.7 Å². The van der Waals surface area contributed by atoms with Gasteiger partial charge in [-0.25, -0.2) is 4.98 Å². The van der Waals surface area contributed by atoms with Crippen molar-refractivity contribution in [2.75, 3.05) is 13.2 Å². The van der Waals surface area contributed by atoms with Gasteiger partial charge < -0.3 is 19.1 Å². The fourth-order valence-electron chi connectivity index (χ4n) is 3.35. The van der Waals surface area contributed by atoms with Crippen LogP contribution in [0.15, 0.2) is 42.5 Å². The number of benzene rings is 2. The van der Waals surface area contributed by atoms with Gasteiger partial charge in [0.05, 0.1) is 22.6 Å². The minimum absolute atomic E-state index is 0.0313. The molecule has 1 saturated heterocycles. The van der Waals surface area contributed by atoms with E-state index in [9.17, 15) is 5.11 Å². The monoisotopic (exact) mass is 406 g/mol. The van der Waals surface area contributed by atoms with Gasteiger partial charge in [0.1, 0.15) is 30.4 Å². The van der Waals surface area contributed by atoms with E-state index in [0.29, 0.717) is 22.3 Å². The fourth-order valence-corrected chi connectivity index (χ4v) is 3.82. The summed E-state index contributed by atoms with van der Waals surface area (Å²) >= 11 is 12.0. The van der Waals surface area contributed by atoms with Crippen LogP contribution in [0.4, 0.5) is 0 Å². The molecule has 5 nitrogen and oxygen atoms in total. The molecule has 142 valence electrons. The van der Waals surface area contributed by atoms with Crippen molar-refractivity contribution in [1.29, 1.82) is 0 Å². The molecule has 0 spiro atoms. The molecule has 2 unspecified atom stereocenters. The number of aliphatic hydroxyl groups excluding tert-OH is 1. The van der Waals surface area contributed by atoms with Gasteiger partial charge in [0.15, 0.2) is 0 Å². The van der Waals surface area contributed by atoms with E-state index in [1.54, 1.807) is 18.2 Å². The van der Waals surface area contributed by atoms with Gasteiger partial charge in [0.2, 0.25) is 0 Å². The largest absolute Gasteiger partial charge is 0.489 e. The summed E-state index contributed by atoms with van der Waals surface area (Å²) in [6.07, 6.45) is 1.20. The zero-order chi connectivity index (χ0) is 18.8. The Morgan fingerprint density at radius 3 is 2.89 bits per heavy atom. The lowest BCUT2D eigenvalue weighted by Crippen LogP contribution is -2.25. The second-order valence-electron chi connectivity index (χ2n) is 6.61. The van der Waals surface area contributed by atoms with E-state index in [1.807, 2.05) is 28.8 Å². The van der Waals surface area contributed by atoms with Crippen molar-refractivity contribution in [2.24, 2.45) is 0 Å². The van der Waals surface area contributed by atoms with Crippen molar-refractivity contribution in [3.05, 3.63) is 58.3 Å². The quantitative estimate of drug-likeness (QED) is 0.647. The van der Waals surface area contributed by atoms with Crippen LogP contribution in [0.2, 0.25) is 10.0 Å². The maximum Gasteiger partial charge on any atom is 0.139 e. The van der Waals surface area contributed by atoms with Crippen LogP contribution in [-0.2, 0) is 11.3 Å². The summed E-state index contributed by atoms with van der Waals surface area (Å²) < 4.78 is 13.5. The molecule has 1 N–H and O–H groups in total. The lowest BCUT2D eigenvalue weighted by Gasteiger charge is -2.18. The van der Waals surface area contributed by atoms with Gasteiger partial charge >= 0.3 is 0 Å². The molecular weight excluding hydrogens is 387 g/mol. The van der Waals surface area contributed by atoms with Crippen LogP contribution in [0.1, 0.15) is 24.8 Å². The number of para-hydroxylation sites is 2. The SMILES string of the molecule is OC(COc1ccc(Cl)cc1Cl)Cn1c(C2CCCO2)nc2ccccc21. The highest BCUT2D eigenvalue weighted by atomic mass is 35.5. The molecule has 4 rings (SSSR count). The summed E-state index contributed by atoms with van der Waals surface area (Å²) in [5.41, 5.74) is 1.88. The van der Waals surface area contributed by atoms with Crippen LogP contribution < -0.4 is 4.74 Å². The Morgan fingerprint density at radius 1 is 1.26 bits per heavy atom. The molecule has 2 atom stereocenters. The van der Waals surface area contributed by atoms with Crippen LogP contribution >= 0.6 is 23.2 Å². The predicted molar refractivity (Wildman–Crippen MR) is 106 cm³/mol. The van der Waals surface area contributed by atoms with Gasteiger partial charge in [0.25, 0.3) is 0 Å². The Hall–Kier alpha value is -1.79. The molecule has 2 aromatic carbocycles. The van der Waals surface area contributed by atoms with Crippen LogP contribution in [0, 0.1) is 0 Å². The third kappa shape index (κ3) is 4.06. The maximum atomic E-state index is 10.6. The van der Waals surface area contributed by atoms with Crippen molar-refractivity contribution in [3.63, 3.8) is 0 Å². The smallest absolute Gasteiger partial charge is 0.139 e. The van der Waals surface area contributed by atoms with E-state index >= 15 is 0 Å². The first-order valence-corrected chi connectivity index (χ1v) is 9.70. The molecule has 2 heterocycles. The van der Waals surface area contributed by atoms with E-state index in [4.69, 9.17) is 37.7 Å². The molecular formula is C20H20Cl2N2O3. The number of rotatable bonds is 6. The van der Waals surface area contributed by atoms with Crippen molar-refractivity contribution in [2.45, 2.75) is 31.6 Å². The van der Waals surface area contributed by atoms with Gasteiger partial charge in [-0.05, 0) is 43.2 Å². The molecule has 0 amide bonds. The number of aliphatic hydroxyl groups is 1. The molecule has 27 heavy (non-hydrogen) atoms. The Balaban J connectivity index is 1.52. The summed E-state index contributed by atoms with van der Waals surface area (Å²) in [6, 6.07) is 12.9. The summed E-state index contributed by atoms with van der Waals surface area (Å²) in [7, 11) is 0. The average molecular weight is 407 g/mol. The number of hydrogen-bond acceptors (Lipinski definition) is 4. The third-order valence-corrected chi connectivity index (χ3v) is 5.15. The Bertz CT molecular complexity index is 938. The summed E-state index contributed by atoms with van der Waals surface area (Å²) in [6.45, 7) is 1.22. The van der Waals surface area contributed by atoms with Gasteiger partial charge in [-0.2, -0.15) is 0 Å². The zero-order valence-corrected chi connectivity index (χ0v) is 16.2. The highest BCUT2D eigenvalue weighted by molar-refractivity contribution is 6.35. The molecule has 1 aromatic heterocycles. The van der Waals surface area contributed by atoms with Crippen molar-refractivity contribution >= 4 is 34.2 Å². The van der Waals surface area contributed by atoms with Crippen LogP contribution in [0.25, 0.3) is 11.0 Å². The van der Waals surface area contributed by atoms with Gasteiger partial charge in [-0.15, -0.1) is 0 Å². The number of ether oxygens (including phenoxy) is 2. The molecule has 0 saturated carbocycles. The lowest BCUT2D eigenvalue weighted by molar-refractivity contribution is 0.0806. The normalized spacial score (nSPS) is 18.1. The third-order valence-electron chi connectivity index (χ3n) is 4.62. The van der Waals surface area contributed by atoms with Crippen molar-refractivity contribution in [3.8, 4) is 5.75 Å². The Kier molecular flexibility index (Phi) is 5.55. The van der Waals surface area contributed by atoms with E-state index in [2.05, 4.69) is 0 Å². The number of halogens is 2. The Morgan fingerprint density at radius 2 is 2.11 bits per heavy atom. The first-order valence-electron chi connectivity index (χ1n) is 8.94. The number of fused-ring (bicyclic) bond motifs is 1. The molecule has 3 aromatic rings. The Labute approximate surface area is 167 Å². The predicted octanol–water partition coefficient (Wildman–Crippen LogP) is 4.63. The summed E-state index contributed by atoms with van der Waals surface area (Å²) in [4.78, 5) is 4.74. The molecule has 0 bridgehead atoms. The van der Waals surface area contributed by atoms with Gasteiger partial charge in [0, 0.05) is 11.6 Å². The molecule has 1 fully saturated rings. The number of imidazole rings is 1. The van der Waals surface area contributed by atoms with Crippen molar-refractivity contribution < 1.29 is 14.6 Å². The topological polar surface area (TPSA) is 56.5 Å². The molecule has 1 aliphatic heterocycles. The van der Waals surface area contributed by atoms with Gasteiger partial charge in [-0.3, -0.25) is 0 Å². The lowest BCUT2D eigenvalue weighted by atomic mass is 10.2. The first kappa shape index (κ1) is 18.6. The standard InChI is InChI=1S/C20H20Cl2N2O3/c21-13-7-8-18(15(22)10-13)27-12-14(25)11-24-17-5-2-1-4-16(17)23-20(24)19-6-3-9-26-19/h1-2,4-5,7-8,10,14,19,25H,3,6,9,11-12H2. The second kappa shape index (κ2) is 8.07. The highest BCUT2D eigenvalue weighted by Crippen LogP contribution is 2.31. The fraction of sp³-hybridized carbons (Fsp3) is 0.350. The first-order chi connectivity index (χ1) is 13.1. The zero-order valence-electron chi connectivity index (χ0n) is 14.6. The average Bonchev–Trinajstić information content (AvgIpc) is 3.29. The highest BCUT2D eigenvalue weighted by Gasteiger charge is 2.25. The number of nitrogens with zero attached hydrogens (tertiary/aromatic N) is 2. The number of hydrogen-bond donors (Lipinski definition) is 1. The number of aromatic nitrogens is 2. The molecule has 0 radical (unpaired) electrons. The van der Waals surface area contributed by atoms with E-state index in [0.717, 1.165) is 36.3 Å². The minimum Gasteiger partial charge on any atom is -0.489 e. The second-order valence-corrected chi connectivity index (χ2v) is 7.45. The van der Waals surface area contributed by atoms with E-state index in [1.165, 1.54) is 0 Å². The summed E-state index contributed by atoms with van der Waals surface area (Å²) in [5, 5.41) is 11.5. The van der Waals surface area contributed by atoms with Crippen molar-refractivity contribution in [1.82, 2.24) is 9.55 Å². The minimum atomic E-state index is -0.727. The van der Waals surface area contributed by atoms with Crippen LogP contribution in [0.3, 0.4) is 0 Å². The van der Waals surface area contributed by atoms with Crippen LogP contribution in [0.5, 0.6) is 5.75 Å². The summed E-state index contributed by atoms with van der Waals surface area (Å²) in [5.74, 6) is 1.35. The van der Waals surface area contributed by atoms with Gasteiger partial charge in [-0.1, -0.05) is 35.3 Å².